The molecule has 1 heterocycles. The minimum atomic E-state index is 0.346. The van der Waals surface area contributed by atoms with E-state index in [0.717, 1.165) is 37.6 Å². The third-order valence-corrected chi connectivity index (χ3v) is 5.50. The van der Waals surface area contributed by atoms with Gasteiger partial charge in [0, 0.05) is 31.4 Å². The van der Waals surface area contributed by atoms with E-state index in [-0.39, 0.29) is 0 Å². The lowest BCUT2D eigenvalue weighted by Crippen LogP contribution is -2.44. The molecule has 2 aromatic carbocycles. The summed E-state index contributed by atoms with van der Waals surface area (Å²) in [4.78, 5) is 7.23. The summed E-state index contributed by atoms with van der Waals surface area (Å²) < 4.78 is 16.7. The molecule has 0 aliphatic carbocycles. The molecule has 1 saturated heterocycles. The summed E-state index contributed by atoms with van der Waals surface area (Å²) in [6, 6.07) is 13.0. The second-order valence-corrected chi connectivity index (χ2v) is 7.87. The zero-order chi connectivity index (χ0) is 22.9. The van der Waals surface area contributed by atoms with Crippen LogP contribution in [0.3, 0.4) is 0 Å². The molecule has 0 aromatic heterocycles. The van der Waals surface area contributed by atoms with Crippen LogP contribution in [-0.4, -0.2) is 52.5 Å². The fourth-order valence-electron chi connectivity index (χ4n) is 3.86. The molecular formula is C25H36N4O3. The predicted octanol–water partition coefficient (Wildman–Crippen LogP) is 3.74. The van der Waals surface area contributed by atoms with Crippen molar-refractivity contribution in [2.45, 2.75) is 39.8 Å². The number of aliphatic imine (C=N–C) groups is 1. The Kier molecular flexibility index (Phi) is 8.48. The van der Waals surface area contributed by atoms with Gasteiger partial charge in [-0.05, 0) is 57.0 Å². The van der Waals surface area contributed by atoms with Crippen molar-refractivity contribution in [3.05, 3.63) is 47.5 Å². The number of nitrogens with zero attached hydrogens (tertiary/aromatic N) is 2. The SMILES string of the molecule is CCNC(=NCc1cc(OC)c(OCC)c(OC)c1)NC1CCN(c2ccc(C)cc2)C1. The van der Waals surface area contributed by atoms with Gasteiger partial charge in [-0.15, -0.1) is 0 Å². The third kappa shape index (κ3) is 5.99. The van der Waals surface area contributed by atoms with E-state index in [1.54, 1.807) is 14.2 Å². The van der Waals surface area contributed by atoms with Crippen LogP contribution < -0.4 is 29.7 Å². The van der Waals surface area contributed by atoms with Crippen molar-refractivity contribution in [3.8, 4) is 17.2 Å². The van der Waals surface area contributed by atoms with Crippen molar-refractivity contribution < 1.29 is 14.2 Å². The van der Waals surface area contributed by atoms with Crippen molar-refractivity contribution in [3.63, 3.8) is 0 Å². The van der Waals surface area contributed by atoms with Crippen LogP contribution in [0.15, 0.2) is 41.4 Å². The van der Waals surface area contributed by atoms with Crippen LogP contribution in [0.4, 0.5) is 5.69 Å². The van der Waals surface area contributed by atoms with Gasteiger partial charge in [-0.1, -0.05) is 17.7 Å². The van der Waals surface area contributed by atoms with Crippen LogP contribution in [0, 0.1) is 6.92 Å². The first-order chi connectivity index (χ1) is 15.6. The first-order valence-corrected chi connectivity index (χ1v) is 11.3. The molecule has 3 rings (SSSR count). The van der Waals surface area contributed by atoms with E-state index >= 15 is 0 Å². The smallest absolute Gasteiger partial charge is 0.203 e. The molecule has 174 valence electrons. The number of ether oxygens (including phenoxy) is 3. The molecule has 1 unspecified atom stereocenters. The number of nitrogens with one attached hydrogen (secondary N) is 2. The summed E-state index contributed by atoms with van der Waals surface area (Å²) in [5.74, 6) is 2.74. The van der Waals surface area contributed by atoms with Gasteiger partial charge in [-0.2, -0.15) is 0 Å². The van der Waals surface area contributed by atoms with E-state index in [1.165, 1.54) is 11.3 Å². The summed E-state index contributed by atoms with van der Waals surface area (Å²) in [6.07, 6.45) is 1.07. The van der Waals surface area contributed by atoms with Gasteiger partial charge in [0.1, 0.15) is 0 Å². The first kappa shape index (κ1) is 23.6. The maximum atomic E-state index is 5.70. The number of benzene rings is 2. The molecule has 0 bridgehead atoms. The minimum absolute atomic E-state index is 0.346. The lowest BCUT2D eigenvalue weighted by atomic mass is 10.2. The molecule has 7 nitrogen and oxygen atoms in total. The summed E-state index contributed by atoms with van der Waals surface area (Å²) >= 11 is 0. The van der Waals surface area contributed by atoms with Crippen molar-refractivity contribution in [1.29, 1.82) is 0 Å². The Bertz CT molecular complexity index is 874. The fraction of sp³-hybridized carbons (Fsp3) is 0.480. The Morgan fingerprint density at radius 2 is 1.78 bits per heavy atom. The molecule has 2 aromatic rings. The Morgan fingerprint density at radius 3 is 2.38 bits per heavy atom. The molecular weight excluding hydrogens is 404 g/mol. The number of methoxy groups -OCH3 is 2. The summed E-state index contributed by atoms with van der Waals surface area (Å²) in [5, 5.41) is 6.96. The molecule has 1 aliphatic heterocycles. The fourth-order valence-corrected chi connectivity index (χ4v) is 3.86. The van der Waals surface area contributed by atoms with Crippen molar-refractivity contribution in [2.75, 3.05) is 45.4 Å². The van der Waals surface area contributed by atoms with Crippen molar-refractivity contribution in [2.24, 2.45) is 4.99 Å². The van der Waals surface area contributed by atoms with Crippen LogP contribution in [0.5, 0.6) is 17.2 Å². The van der Waals surface area contributed by atoms with Gasteiger partial charge in [0.15, 0.2) is 17.5 Å². The molecule has 2 N–H and O–H groups in total. The monoisotopic (exact) mass is 440 g/mol. The van der Waals surface area contributed by atoms with E-state index in [9.17, 15) is 0 Å². The molecule has 32 heavy (non-hydrogen) atoms. The van der Waals surface area contributed by atoms with Gasteiger partial charge >= 0.3 is 0 Å². The van der Waals surface area contributed by atoms with Gasteiger partial charge in [0.05, 0.1) is 27.4 Å². The number of hydrogen-bond donors (Lipinski definition) is 2. The average Bonchev–Trinajstić information content (AvgIpc) is 3.27. The van der Waals surface area contributed by atoms with Gasteiger partial charge in [0.25, 0.3) is 0 Å². The maximum Gasteiger partial charge on any atom is 0.203 e. The standard InChI is InChI=1S/C25H36N4O3/c1-6-26-25(28-20-12-13-29(17-20)21-10-8-18(3)9-11-21)27-16-19-14-22(30-4)24(32-7-2)23(15-19)31-5/h8-11,14-15,20H,6-7,12-13,16-17H2,1-5H3,(H2,26,27,28). The molecule has 0 radical (unpaired) electrons. The molecule has 1 fully saturated rings. The zero-order valence-corrected chi connectivity index (χ0v) is 19.9. The van der Waals surface area contributed by atoms with Crippen LogP contribution in [0.2, 0.25) is 0 Å². The number of hydrogen-bond acceptors (Lipinski definition) is 5. The molecule has 0 saturated carbocycles. The minimum Gasteiger partial charge on any atom is -0.493 e. The molecule has 0 amide bonds. The van der Waals surface area contributed by atoms with E-state index in [1.807, 2.05) is 19.1 Å². The van der Waals surface area contributed by atoms with Gasteiger partial charge in [0.2, 0.25) is 5.75 Å². The Labute approximate surface area is 191 Å². The van der Waals surface area contributed by atoms with E-state index in [4.69, 9.17) is 19.2 Å². The average molecular weight is 441 g/mol. The molecule has 0 spiro atoms. The van der Waals surface area contributed by atoms with Crippen LogP contribution in [0.1, 0.15) is 31.4 Å². The Morgan fingerprint density at radius 1 is 1.09 bits per heavy atom. The highest BCUT2D eigenvalue weighted by Crippen LogP contribution is 2.38. The highest BCUT2D eigenvalue weighted by molar-refractivity contribution is 5.80. The Balaban J connectivity index is 1.68. The first-order valence-electron chi connectivity index (χ1n) is 11.3. The predicted molar refractivity (Wildman–Crippen MR) is 130 cm³/mol. The normalized spacial score (nSPS) is 16.1. The quantitative estimate of drug-likeness (QED) is 0.457. The highest BCUT2D eigenvalue weighted by atomic mass is 16.5. The second-order valence-electron chi connectivity index (χ2n) is 7.87. The summed E-state index contributed by atoms with van der Waals surface area (Å²) in [7, 11) is 3.27. The lowest BCUT2D eigenvalue weighted by Gasteiger charge is -2.20. The number of anilines is 1. The maximum absolute atomic E-state index is 5.70. The van der Waals surface area contributed by atoms with Crippen molar-refractivity contribution >= 4 is 11.6 Å². The zero-order valence-electron chi connectivity index (χ0n) is 19.9. The van der Waals surface area contributed by atoms with E-state index in [0.29, 0.717) is 36.4 Å². The molecule has 7 heteroatoms. The molecule has 1 atom stereocenters. The third-order valence-electron chi connectivity index (χ3n) is 5.50. The van der Waals surface area contributed by atoms with Crippen LogP contribution >= 0.6 is 0 Å². The largest absolute Gasteiger partial charge is 0.493 e. The summed E-state index contributed by atoms with van der Waals surface area (Å²) in [5.41, 5.74) is 3.55. The highest BCUT2D eigenvalue weighted by Gasteiger charge is 2.23. The van der Waals surface area contributed by atoms with Crippen molar-refractivity contribution in [1.82, 2.24) is 10.6 Å². The van der Waals surface area contributed by atoms with Gasteiger partial charge in [-0.25, -0.2) is 4.99 Å². The topological polar surface area (TPSA) is 67.4 Å². The van der Waals surface area contributed by atoms with Gasteiger partial charge < -0.3 is 29.7 Å². The Hall–Kier alpha value is -3.09. The number of guanidine groups is 1. The lowest BCUT2D eigenvalue weighted by molar-refractivity contribution is 0.288. The van der Waals surface area contributed by atoms with Crippen LogP contribution in [0.25, 0.3) is 0 Å². The number of rotatable bonds is 9. The van der Waals surface area contributed by atoms with E-state index < -0.39 is 0 Å². The second kappa shape index (κ2) is 11.5. The molecule has 1 aliphatic rings. The van der Waals surface area contributed by atoms with Gasteiger partial charge in [-0.3, -0.25) is 0 Å². The van der Waals surface area contributed by atoms with Crippen LogP contribution in [-0.2, 0) is 6.54 Å². The number of aryl methyl sites for hydroxylation is 1. The van der Waals surface area contributed by atoms with E-state index in [2.05, 4.69) is 53.6 Å². The summed E-state index contributed by atoms with van der Waals surface area (Å²) in [6.45, 7) is 9.97.